The first kappa shape index (κ1) is 11.8. The molecule has 0 amide bonds. The van der Waals surface area contributed by atoms with Gasteiger partial charge in [-0.1, -0.05) is 0 Å². The molecule has 0 fully saturated rings. The SMILES string of the molecule is CCn1cc(C(=O)O)c(=O)c2cc(CO)sc21. The summed E-state index contributed by atoms with van der Waals surface area (Å²) in [6, 6.07) is 1.56. The predicted molar refractivity (Wildman–Crippen MR) is 64.6 cm³/mol. The molecular weight excluding hydrogens is 242 g/mol. The molecule has 5 nitrogen and oxygen atoms in total. The largest absolute Gasteiger partial charge is 0.477 e. The molecule has 0 saturated heterocycles. The summed E-state index contributed by atoms with van der Waals surface area (Å²) >= 11 is 1.30. The third kappa shape index (κ3) is 1.85. The van der Waals surface area contributed by atoms with E-state index in [4.69, 9.17) is 10.2 Å². The molecule has 0 atom stereocenters. The molecule has 90 valence electrons. The number of thiophene rings is 1. The fourth-order valence-electron chi connectivity index (χ4n) is 1.69. The van der Waals surface area contributed by atoms with Crippen LogP contribution in [0.25, 0.3) is 10.2 Å². The fourth-order valence-corrected chi connectivity index (χ4v) is 2.74. The number of aliphatic hydroxyl groups excluding tert-OH is 1. The average Bonchev–Trinajstić information content (AvgIpc) is 2.74. The number of fused-ring (bicyclic) bond motifs is 1. The highest BCUT2D eigenvalue weighted by atomic mass is 32.1. The number of aryl methyl sites for hydroxylation is 1. The molecule has 0 bridgehead atoms. The number of carboxylic acid groups (broad SMARTS) is 1. The van der Waals surface area contributed by atoms with E-state index in [1.54, 1.807) is 10.6 Å². The van der Waals surface area contributed by atoms with Gasteiger partial charge in [-0.15, -0.1) is 11.3 Å². The van der Waals surface area contributed by atoms with Crippen molar-refractivity contribution in [2.45, 2.75) is 20.1 Å². The second kappa shape index (κ2) is 4.31. The summed E-state index contributed by atoms with van der Waals surface area (Å²) in [5.74, 6) is -1.23. The highest BCUT2D eigenvalue weighted by molar-refractivity contribution is 7.18. The van der Waals surface area contributed by atoms with Crippen molar-refractivity contribution in [1.29, 1.82) is 0 Å². The standard InChI is InChI=1S/C11H11NO4S/c1-2-12-4-8(11(15)16)9(14)7-3-6(5-13)17-10(7)12/h3-4,13H,2,5H2,1H3,(H,15,16). The fraction of sp³-hybridized carbons (Fsp3) is 0.273. The van der Waals surface area contributed by atoms with Gasteiger partial charge in [-0.2, -0.15) is 0 Å². The van der Waals surface area contributed by atoms with Crippen LogP contribution in [0, 0.1) is 0 Å². The van der Waals surface area contributed by atoms with E-state index in [1.807, 2.05) is 6.92 Å². The molecule has 2 aromatic rings. The van der Waals surface area contributed by atoms with Gasteiger partial charge in [-0.25, -0.2) is 4.79 Å². The Bertz CT molecular complexity index is 641. The van der Waals surface area contributed by atoms with Crippen molar-refractivity contribution in [3.63, 3.8) is 0 Å². The number of rotatable bonds is 3. The lowest BCUT2D eigenvalue weighted by molar-refractivity contribution is 0.0695. The van der Waals surface area contributed by atoms with Gasteiger partial charge >= 0.3 is 5.97 Å². The topological polar surface area (TPSA) is 79.5 Å². The van der Waals surface area contributed by atoms with Crippen LogP contribution < -0.4 is 5.43 Å². The molecule has 0 spiro atoms. The van der Waals surface area contributed by atoms with Gasteiger partial charge in [0.25, 0.3) is 0 Å². The molecule has 2 aromatic heterocycles. The van der Waals surface area contributed by atoms with Crippen LogP contribution >= 0.6 is 11.3 Å². The molecule has 2 N–H and O–H groups in total. The molecule has 2 heterocycles. The average molecular weight is 253 g/mol. The minimum atomic E-state index is -1.23. The molecule has 17 heavy (non-hydrogen) atoms. The molecule has 0 aromatic carbocycles. The van der Waals surface area contributed by atoms with Crippen molar-refractivity contribution >= 4 is 27.5 Å². The molecule has 0 aliphatic heterocycles. The Kier molecular flexibility index (Phi) is 2.99. The lowest BCUT2D eigenvalue weighted by Gasteiger charge is -2.05. The Morgan fingerprint density at radius 3 is 2.76 bits per heavy atom. The summed E-state index contributed by atoms with van der Waals surface area (Å²) in [6.45, 7) is 2.29. The number of carboxylic acids is 1. The van der Waals surface area contributed by atoms with Crippen molar-refractivity contribution in [2.75, 3.05) is 0 Å². The molecule has 0 unspecified atom stereocenters. The summed E-state index contributed by atoms with van der Waals surface area (Å²) in [4.78, 5) is 24.2. The van der Waals surface area contributed by atoms with Crippen molar-refractivity contribution < 1.29 is 15.0 Å². The van der Waals surface area contributed by atoms with Gasteiger partial charge in [0.1, 0.15) is 10.4 Å². The monoisotopic (exact) mass is 253 g/mol. The molecule has 0 aliphatic carbocycles. The Hall–Kier alpha value is -1.66. The number of carbonyl (C=O) groups is 1. The van der Waals surface area contributed by atoms with E-state index < -0.39 is 11.4 Å². The number of pyridine rings is 1. The van der Waals surface area contributed by atoms with Crippen molar-refractivity contribution in [1.82, 2.24) is 4.57 Å². The smallest absolute Gasteiger partial charge is 0.341 e. The lowest BCUT2D eigenvalue weighted by Crippen LogP contribution is -2.17. The van der Waals surface area contributed by atoms with E-state index >= 15 is 0 Å². The van der Waals surface area contributed by atoms with Gasteiger partial charge in [0.2, 0.25) is 5.43 Å². The van der Waals surface area contributed by atoms with Gasteiger partial charge < -0.3 is 14.8 Å². The summed E-state index contributed by atoms with van der Waals surface area (Å²) in [5.41, 5.74) is -0.727. The highest BCUT2D eigenvalue weighted by Gasteiger charge is 2.16. The summed E-state index contributed by atoms with van der Waals surface area (Å²) in [7, 11) is 0. The van der Waals surface area contributed by atoms with Crippen molar-refractivity contribution in [2.24, 2.45) is 0 Å². The lowest BCUT2D eigenvalue weighted by atomic mass is 10.2. The second-order valence-electron chi connectivity index (χ2n) is 3.55. The summed E-state index contributed by atoms with van der Waals surface area (Å²) < 4.78 is 1.71. The van der Waals surface area contributed by atoms with Crippen molar-refractivity contribution in [3.05, 3.63) is 32.9 Å². The van der Waals surface area contributed by atoms with Crippen LogP contribution in [0.4, 0.5) is 0 Å². The molecular formula is C11H11NO4S. The first-order chi connectivity index (χ1) is 8.08. The number of nitrogens with zero attached hydrogens (tertiary/aromatic N) is 1. The summed E-state index contributed by atoms with van der Waals surface area (Å²) in [6.07, 6.45) is 1.35. The molecule has 2 rings (SSSR count). The Labute approximate surface area is 101 Å². The zero-order valence-corrected chi connectivity index (χ0v) is 9.95. The van der Waals surface area contributed by atoms with Crippen LogP contribution in [0.2, 0.25) is 0 Å². The van der Waals surface area contributed by atoms with Gasteiger partial charge in [0.15, 0.2) is 0 Å². The normalized spacial score (nSPS) is 10.9. The second-order valence-corrected chi connectivity index (χ2v) is 4.67. The summed E-state index contributed by atoms with van der Waals surface area (Å²) in [5, 5.41) is 18.4. The van der Waals surface area contributed by atoms with Gasteiger partial charge in [-0.3, -0.25) is 4.79 Å². The van der Waals surface area contributed by atoms with Crippen LogP contribution in [-0.4, -0.2) is 20.7 Å². The van der Waals surface area contributed by atoms with E-state index in [1.165, 1.54) is 17.5 Å². The number of aliphatic hydroxyl groups is 1. The maximum absolute atomic E-state index is 11.9. The van der Waals surface area contributed by atoms with Crippen LogP contribution in [0.3, 0.4) is 0 Å². The third-order valence-corrected chi connectivity index (χ3v) is 3.68. The van der Waals surface area contributed by atoms with Crippen LogP contribution in [0.15, 0.2) is 17.1 Å². The maximum atomic E-state index is 11.9. The maximum Gasteiger partial charge on any atom is 0.341 e. The first-order valence-corrected chi connectivity index (χ1v) is 5.90. The zero-order chi connectivity index (χ0) is 12.6. The third-order valence-electron chi connectivity index (χ3n) is 2.53. The molecule has 0 aliphatic rings. The Morgan fingerprint density at radius 1 is 1.53 bits per heavy atom. The molecule has 0 radical (unpaired) electrons. The van der Waals surface area contributed by atoms with Crippen LogP contribution in [0.5, 0.6) is 0 Å². The van der Waals surface area contributed by atoms with Crippen LogP contribution in [-0.2, 0) is 13.2 Å². The molecule has 6 heteroatoms. The Balaban J connectivity index is 2.87. The highest BCUT2D eigenvalue weighted by Crippen LogP contribution is 2.23. The molecule has 0 saturated carbocycles. The number of hydrogen-bond acceptors (Lipinski definition) is 4. The van der Waals surface area contributed by atoms with E-state index in [0.717, 1.165) is 0 Å². The van der Waals surface area contributed by atoms with Gasteiger partial charge in [-0.05, 0) is 13.0 Å². The van der Waals surface area contributed by atoms with E-state index in [-0.39, 0.29) is 12.2 Å². The Morgan fingerprint density at radius 2 is 2.24 bits per heavy atom. The van der Waals surface area contributed by atoms with Gasteiger partial charge in [0.05, 0.1) is 12.0 Å². The minimum Gasteiger partial charge on any atom is -0.477 e. The quantitative estimate of drug-likeness (QED) is 0.863. The number of aromatic nitrogens is 1. The van der Waals surface area contributed by atoms with Crippen molar-refractivity contribution in [3.8, 4) is 0 Å². The first-order valence-electron chi connectivity index (χ1n) is 5.08. The minimum absolute atomic E-state index is 0.148. The van der Waals surface area contributed by atoms with E-state index in [2.05, 4.69) is 0 Å². The zero-order valence-electron chi connectivity index (χ0n) is 9.14. The van der Waals surface area contributed by atoms with E-state index in [9.17, 15) is 9.59 Å². The number of aromatic carboxylic acids is 1. The van der Waals surface area contributed by atoms with E-state index in [0.29, 0.717) is 21.6 Å². The number of hydrogen-bond donors (Lipinski definition) is 2. The van der Waals surface area contributed by atoms with Crippen LogP contribution in [0.1, 0.15) is 22.2 Å². The predicted octanol–water partition coefficient (Wildman–Crippen LogP) is 1.27. The van der Waals surface area contributed by atoms with Gasteiger partial charge in [0, 0.05) is 17.6 Å².